The number of ether oxygens (including phenoxy) is 1. The van der Waals surface area contributed by atoms with E-state index in [0.717, 1.165) is 4.90 Å². The van der Waals surface area contributed by atoms with Crippen molar-refractivity contribution in [1.82, 2.24) is 0 Å². The first-order chi connectivity index (χ1) is 7.29. The fourth-order valence-corrected chi connectivity index (χ4v) is 2.71. The molecule has 0 saturated carbocycles. The van der Waals surface area contributed by atoms with Gasteiger partial charge in [-0.15, -0.1) is 11.8 Å². The second-order valence-electron chi connectivity index (χ2n) is 3.38. The summed E-state index contributed by atoms with van der Waals surface area (Å²) in [4.78, 5) is 12.2. The van der Waals surface area contributed by atoms with Crippen molar-refractivity contribution < 1.29 is 14.6 Å². The van der Waals surface area contributed by atoms with Crippen molar-refractivity contribution >= 4 is 17.7 Å². The Bertz CT molecular complexity index is 339. The molecule has 1 saturated heterocycles. The van der Waals surface area contributed by atoms with E-state index in [1.54, 1.807) is 11.8 Å². The molecular formula is C11H12O3S. The number of thioether (sulfide) groups is 1. The number of hydrogen-bond acceptors (Lipinski definition) is 4. The Hall–Kier alpha value is -1.00. The van der Waals surface area contributed by atoms with Crippen LogP contribution in [0.5, 0.6) is 0 Å². The number of cyclic esters (lactones) is 1. The van der Waals surface area contributed by atoms with E-state index in [1.165, 1.54) is 0 Å². The van der Waals surface area contributed by atoms with Gasteiger partial charge in [0.05, 0.1) is 18.3 Å². The lowest BCUT2D eigenvalue weighted by molar-refractivity contribution is -0.142. The Morgan fingerprint density at radius 2 is 2.13 bits per heavy atom. The van der Waals surface area contributed by atoms with Gasteiger partial charge in [0, 0.05) is 4.90 Å². The molecule has 1 aromatic rings. The fourth-order valence-electron chi connectivity index (χ4n) is 1.53. The van der Waals surface area contributed by atoms with Crippen molar-refractivity contribution in [1.29, 1.82) is 0 Å². The van der Waals surface area contributed by atoms with E-state index in [0.29, 0.717) is 6.42 Å². The molecule has 3 nitrogen and oxygen atoms in total. The van der Waals surface area contributed by atoms with Gasteiger partial charge in [-0.05, 0) is 12.1 Å². The van der Waals surface area contributed by atoms with Crippen molar-refractivity contribution in [3.05, 3.63) is 30.3 Å². The van der Waals surface area contributed by atoms with Crippen LogP contribution in [0.1, 0.15) is 6.42 Å². The molecule has 1 N–H and O–H groups in total. The highest BCUT2D eigenvalue weighted by molar-refractivity contribution is 8.00. The predicted octanol–water partition coefficient (Wildman–Crippen LogP) is 1.46. The molecule has 2 rings (SSSR count). The highest BCUT2D eigenvalue weighted by Crippen LogP contribution is 2.32. The molecule has 2 atom stereocenters. The van der Waals surface area contributed by atoms with E-state index >= 15 is 0 Å². The summed E-state index contributed by atoms with van der Waals surface area (Å²) < 4.78 is 4.99. The van der Waals surface area contributed by atoms with Crippen LogP contribution in [0.4, 0.5) is 0 Å². The molecule has 0 spiro atoms. The van der Waals surface area contributed by atoms with Gasteiger partial charge < -0.3 is 9.84 Å². The third-order valence-corrected chi connectivity index (χ3v) is 3.59. The van der Waals surface area contributed by atoms with Crippen LogP contribution in [-0.4, -0.2) is 29.0 Å². The number of aliphatic hydroxyl groups is 1. The second kappa shape index (κ2) is 4.68. The van der Waals surface area contributed by atoms with Gasteiger partial charge in [-0.25, -0.2) is 0 Å². The maximum atomic E-state index is 11.1. The monoisotopic (exact) mass is 224 g/mol. The molecule has 0 radical (unpaired) electrons. The number of carbonyl (C=O) groups excluding carboxylic acids is 1. The third kappa shape index (κ3) is 2.52. The summed E-state index contributed by atoms with van der Waals surface area (Å²) in [6.45, 7) is -0.101. The maximum Gasteiger partial charge on any atom is 0.307 e. The maximum absolute atomic E-state index is 11.1. The Kier molecular flexibility index (Phi) is 3.28. The number of carbonyl (C=O) groups is 1. The van der Waals surface area contributed by atoms with Crippen LogP contribution in [-0.2, 0) is 9.53 Å². The largest absolute Gasteiger partial charge is 0.459 e. The Morgan fingerprint density at radius 3 is 2.80 bits per heavy atom. The molecule has 1 aliphatic rings. The van der Waals surface area contributed by atoms with Crippen molar-refractivity contribution in [2.75, 3.05) is 6.61 Å². The number of benzene rings is 1. The molecular weight excluding hydrogens is 212 g/mol. The first-order valence-electron chi connectivity index (χ1n) is 4.81. The molecule has 1 unspecified atom stereocenters. The quantitative estimate of drug-likeness (QED) is 0.789. The topological polar surface area (TPSA) is 46.5 Å². The number of rotatable bonds is 3. The zero-order chi connectivity index (χ0) is 10.7. The average molecular weight is 224 g/mol. The number of hydrogen-bond donors (Lipinski definition) is 1. The molecule has 4 heteroatoms. The van der Waals surface area contributed by atoms with Crippen LogP contribution in [0.2, 0.25) is 0 Å². The van der Waals surface area contributed by atoms with Crippen LogP contribution in [0.15, 0.2) is 35.2 Å². The predicted molar refractivity (Wildman–Crippen MR) is 57.7 cm³/mol. The Morgan fingerprint density at radius 1 is 1.40 bits per heavy atom. The molecule has 1 aliphatic heterocycles. The van der Waals surface area contributed by atoms with Gasteiger partial charge in [-0.1, -0.05) is 18.2 Å². The standard InChI is InChI=1S/C11H12O3S/c12-7-9-10(6-11(13)14-9)15-8-4-2-1-3-5-8/h1-5,9-10,12H,6-7H2/t9?,10-/m0/s1. The van der Waals surface area contributed by atoms with E-state index < -0.39 is 0 Å². The SMILES string of the molecule is O=C1C[C@H](Sc2ccccc2)C(CO)O1. The molecule has 0 bridgehead atoms. The minimum Gasteiger partial charge on any atom is -0.459 e. The highest BCUT2D eigenvalue weighted by atomic mass is 32.2. The van der Waals surface area contributed by atoms with E-state index in [1.807, 2.05) is 30.3 Å². The summed E-state index contributed by atoms with van der Waals surface area (Å²) >= 11 is 1.58. The Labute approximate surface area is 92.4 Å². The van der Waals surface area contributed by atoms with Crippen LogP contribution in [0.25, 0.3) is 0 Å². The van der Waals surface area contributed by atoms with Crippen LogP contribution in [0, 0.1) is 0 Å². The lowest BCUT2D eigenvalue weighted by Gasteiger charge is -2.14. The van der Waals surface area contributed by atoms with Crippen LogP contribution < -0.4 is 0 Å². The van der Waals surface area contributed by atoms with Crippen molar-refractivity contribution in [2.45, 2.75) is 22.7 Å². The zero-order valence-corrected chi connectivity index (χ0v) is 8.94. The van der Waals surface area contributed by atoms with Crippen molar-refractivity contribution in [2.24, 2.45) is 0 Å². The summed E-state index contributed by atoms with van der Waals surface area (Å²) in [5.41, 5.74) is 0. The smallest absolute Gasteiger partial charge is 0.307 e. The fraction of sp³-hybridized carbons (Fsp3) is 0.364. The molecule has 0 amide bonds. The van der Waals surface area contributed by atoms with Gasteiger partial charge in [-0.3, -0.25) is 4.79 Å². The van der Waals surface area contributed by atoms with Gasteiger partial charge >= 0.3 is 5.97 Å². The van der Waals surface area contributed by atoms with Gasteiger partial charge in [0.1, 0.15) is 6.10 Å². The van der Waals surface area contributed by atoms with Crippen LogP contribution >= 0.6 is 11.8 Å². The highest BCUT2D eigenvalue weighted by Gasteiger charge is 2.34. The second-order valence-corrected chi connectivity index (χ2v) is 4.70. The molecule has 80 valence electrons. The van der Waals surface area contributed by atoms with Crippen LogP contribution in [0.3, 0.4) is 0 Å². The minimum absolute atomic E-state index is 0.0323. The van der Waals surface area contributed by atoms with Gasteiger partial charge in [0.15, 0.2) is 0 Å². The zero-order valence-electron chi connectivity index (χ0n) is 8.13. The summed E-state index contributed by atoms with van der Waals surface area (Å²) in [6, 6.07) is 9.83. The minimum atomic E-state index is -0.359. The Balaban J connectivity index is 2.03. The first kappa shape index (κ1) is 10.5. The molecule has 0 aliphatic carbocycles. The van der Waals surface area contributed by atoms with Gasteiger partial charge in [-0.2, -0.15) is 0 Å². The van der Waals surface area contributed by atoms with Gasteiger partial charge in [0.2, 0.25) is 0 Å². The van der Waals surface area contributed by atoms with E-state index in [-0.39, 0.29) is 23.9 Å². The molecule has 0 aromatic heterocycles. The molecule has 1 fully saturated rings. The molecule has 1 aromatic carbocycles. The lowest BCUT2D eigenvalue weighted by atomic mass is 10.2. The first-order valence-corrected chi connectivity index (χ1v) is 5.69. The van der Waals surface area contributed by atoms with Crippen molar-refractivity contribution in [3.63, 3.8) is 0 Å². The summed E-state index contributed by atoms with van der Waals surface area (Å²) in [5, 5.41) is 9.07. The van der Waals surface area contributed by atoms with E-state index in [2.05, 4.69) is 0 Å². The normalized spacial score (nSPS) is 25.3. The summed E-state index contributed by atoms with van der Waals surface area (Å²) in [6.07, 6.45) is 0.0211. The van der Waals surface area contributed by atoms with E-state index in [4.69, 9.17) is 9.84 Å². The van der Waals surface area contributed by atoms with E-state index in [9.17, 15) is 4.79 Å². The number of esters is 1. The summed E-state index contributed by atoms with van der Waals surface area (Å²) in [7, 11) is 0. The average Bonchev–Trinajstić information content (AvgIpc) is 2.60. The molecule has 1 heterocycles. The lowest BCUT2D eigenvalue weighted by Crippen LogP contribution is -2.22. The molecule has 15 heavy (non-hydrogen) atoms. The third-order valence-electron chi connectivity index (χ3n) is 2.28. The number of aliphatic hydroxyl groups excluding tert-OH is 1. The van der Waals surface area contributed by atoms with Gasteiger partial charge in [0.25, 0.3) is 0 Å². The van der Waals surface area contributed by atoms with Crippen molar-refractivity contribution in [3.8, 4) is 0 Å². The summed E-state index contributed by atoms with van der Waals surface area (Å²) in [5.74, 6) is -0.220.